The van der Waals surface area contributed by atoms with Gasteiger partial charge in [-0.1, -0.05) is 60.3 Å². The van der Waals surface area contributed by atoms with Crippen molar-refractivity contribution < 1.29 is 29.1 Å². The summed E-state index contributed by atoms with van der Waals surface area (Å²) >= 11 is 0.881. The third-order valence-electron chi connectivity index (χ3n) is 5.60. The lowest BCUT2D eigenvalue weighted by Crippen LogP contribution is -2.55. The number of carbonyl (C=O) groups excluding carboxylic acids is 4. The summed E-state index contributed by atoms with van der Waals surface area (Å²) < 4.78 is 0. The first-order valence-electron chi connectivity index (χ1n) is 11.2. The molecule has 2 aromatic carbocycles. The Morgan fingerprint density at radius 1 is 0.971 bits per heavy atom. The van der Waals surface area contributed by atoms with Crippen molar-refractivity contribution in [1.29, 1.82) is 0 Å². The van der Waals surface area contributed by atoms with Crippen LogP contribution in [-0.2, 0) is 14.4 Å². The van der Waals surface area contributed by atoms with Crippen molar-refractivity contribution in [3.05, 3.63) is 71.8 Å². The molecule has 0 aliphatic carbocycles. The van der Waals surface area contributed by atoms with Gasteiger partial charge in [-0.2, -0.15) is 0 Å². The van der Waals surface area contributed by atoms with Gasteiger partial charge < -0.3 is 20.6 Å². The molecule has 3 unspecified atom stereocenters. The highest BCUT2D eigenvalue weighted by atomic mass is 32.2. The fourth-order valence-electron chi connectivity index (χ4n) is 3.74. The van der Waals surface area contributed by atoms with Gasteiger partial charge in [-0.15, -0.1) is 0 Å². The van der Waals surface area contributed by atoms with Crippen LogP contribution in [0.15, 0.2) is 60.7 Å². The van der Waals surface area contributed by atoms with Crippen LogP contribution in [0.1, 0.15) is 40.5 Å². The van der Waals surface area contributed by atoms with Crippen LogP contribution in [-0.4, -0.2) is 69.2 Å². The van der Waals surface area contributed by atoms with Crippen molar-refractivity contribution in [2.75, 3.05) is 12.3 Å². The van der Waals surface area contributed by atoms with Crippen LogP contribution in [0.4, 0.5) is 0 Å². The topological polar surface area (TPSA) is 133 Å². The Morgan fingerprint density at radius 2 is 1.57 bits per heavy atom. The van der Waals surface area contributed by atoms with Gasteiger partial charge in [0.25, 0.3) is 5.91 Å². The number of hydrogen-bond acceptors (Lipinski definition) is 6. The van der Waals surface area contributed by atoms with E-state index in [0.717, 1.165) is 11.8 Å². The van der Waals surface area contributed by atoms with Crippen molar-refractivity contribution >= 4 is 40.6 Å². The van der Waals surface area contributed by atoms with Crippen LogP contribution < -0.4 is 10.6 Å². The Hall–Kier alpha value is -3.66. The monoisotopic (exact) mass is 497 g/mol. The minimum Gasteiger partial charge on any atom is -0.480 e. The molecule has 10 heteroatoms. The SMILES string of the molecule is CC(NC(=O)C(CSC(=O)c1ccccc1)NC(=O)c1ccccc1)C(=O)N1CCCC1C(=O)O. The van der Waals surface area contributed by atoms with E-state index in [1.165, 1.54) is 11.8 Å². The molecular weight excluding hydrogens is 470 g/mol. The summed E-state index contributed by atoms with van der Waals surface area (Å²) in [4.78, 5) is 63.8. The van der Waals surface area contributed by atoms with Crippen molar-refractivity contribution in [3.8, 4) is 0 Å². The number of benzene rings is 2. The number of nitrogens with one attached hydrogen (secondary N) is 2. The fraction of sp³-hybridized carbons (Fsp3) is 0.320. The van der Waals surface area contributed by atoms with Gasteiger partial charge in [0.05, 0.1) is 0 Å². The van der Waals surface area contributed by atoms with Gasteiger partial charge in [0.15, 0.2) is 0 Å². The van der Waals surface area contributed by atoms with Crippen LogP contribution in [0.25, 0.3) is 0 Å². The number of carbonyl (C=O) groups is 5. The Morgan fingerprint density at radius 3 is 2.17 bits per heavy atom. The van der Waals surface area contributed by atoms with E-state index in [1.54, 1.807) is 60.7 Å². The zero-order valence-electron chi connectivity index (χ0n) is 19.2. The smallest absolute Gasteiger partial charge is 0.326 e. The predicted octanol–water partition coefficient (Wildman–Crippen LogP) is 1.94. The molecule has 0 bridgehead atoms. The van der Waals surface area contributed by atoms with Gasteiger partial charge >= 0.3 is 5.97 Å². The van der Waals surface area contributed by atoms with Crippen LogP contribution in [0.5, 0.6) is 0 Å². The maximum absolute atomic E-state index is 13.1. The first-order chi connectivity index (χ1) is 16.8. The second-order valence-electron chi connectivity index (χ2n) is 8.11. The highest BCUT2D eigenvalue weighted by Gasteiger charge is 2.37. The summed E-state index contributed by atoms with van der Waals surface area (Å²) in [5.74, 6) is -2.79. The van der Waals surface area contributed by atoms with Crippen LogP contribution >= 0.6 is 11.8 Å². The molecule has 1 aliphatic rings. The number of amides is 3. The normalized spacial score (nSPS) is 16.7. The quantitative estimate of drug-likeness (QED) is 0.482. The van der Waals surface area contributed by atoms with Crippen LogP contribution in [0, 0.1) is 0 Å². The summed E-state index contributed by atoms with van der Waals surface area (Å²) in [6.07, 6.45) is 0.924. The van der Waals surface area contributed by atoms with Crippen molar-refractivity contribution in [3.63, 3.8) is 0 Å². The number of hydrogen-bond donors (Lipinski definition) is 3. The van der Waals surface area contributed by atoms with E-state index in [9.17, 15) is 29.1 Å². The van der Waals surface area contributed by atoms with Gasteiger partial charge in [0, 0.05) is 23.4 Å². The second kappa shape index (κ2) is 12.2. The molecule has 35 heavy (non-hydrogen) atoms. The number of carboxylic acid groups (broad SMARTS) is 1. The standard InChI is InChI=1S/C25H27N3O6S/c1-16(23(31)28-14-8-13-20(28)24(32)33)26-22(30)19(27-21(29)17-9-4-2-5-10-17)15-35-25(34)18-11-6-3-7-12-18/h2-7,9-12,16,19-20H,8,13-15H2,1H3,(H,26,30)(H,27,29)(H,32,33). The average Bonchev–Trinajstić information content (AvgIpc) is 3.37. The molecule has 0 radical (unpaired) electrons. The molecule has 3 N–H and O–H groups in total. The van der Waals surface area contributed by atoms with E-state index < -0.39 is 41.8 Å². The van der Waals surface area contributed by atoms with Gasteiger partial charge in [-0.25, -0.2) is 4.79 Å². The van der Waals surface area contributed by atoms with Gasteiger partial charge in [-0.05, 0) is 31.9 Å². The minimum atomic E-state index is -1.11. The first-order valence-corrected chi connectivity index (χ1v) is 12.2. The molecule has 1 aliphatic heterocycles. The highest BCUT2D eigenvalue weighted by molar-refractivity contribution is 8.14. The lowest BCUT2D eigenvalue weighted by Gasteiger charge is -2.26. The minimum absolute atomic E-state index is 0.0550. The maximum atomic E-state index is 13.1. The summed E-state index contributed by atoms with van der Waals surface area (Å²) in [7, 11) is 0. The molecular formula is C25H27N3O6S. The molecule has 3 atom stereocenters. The third kappa shape index (κ3) is 6.92. The molecule has 0 aromatic heterocycles. The summed E-state index contributed by atoms with van der Waals surface area (Å²) in [5.41, 5.74) is 0.804. The number of thioether (sulfide) groups is 1. The predicted molar refractivity (Wildman–Crippen MR) is 131 cm³/mol. The molecule has 1 fully saturated rings. The third-order valence-corrected chi connectivity index (χ3v) is 6.60. The lowest BCUT2D eigenvalue weighted by atomic mass is 10.2. The van der Waals surface area contributed by atoms with E-state index >= 15 is 0 Å². The Labute approximate surface area is 207 Å². The van der Waals surface area contributed by atoms with Gasteiger partial charge in [0.1, 0.15) is 18.1 Å². The fourth-order valence-corrected chi connectivity index (χ4v) is 4.60. The summed E-state index contributed by atoms with van der Waals surface area (Å²) in [6.45, 7) is 1.77. The summed E-state index contributed by atoms with van der Waals surface area (Å²) in [6, 6.07) is 13.8. The Kier molecular flexibility index (Phi) is 9.02. The molecule has 1 heterocycles. The van der Waals surface area contributed by atoms with E-state index in [0.29, 0.717) is 30.5 Å². The highest BCUT2D eigenvalue weighted by Crippen LogP contribution is 2.19. The average molecular weight is 498 g/mol. The van der Waals surface area contributed by atoms with Crippen LogP contribution in [0.3, 0.4) is 0 Å². The lowest BCUT2D eigenvalue weighted by molar-refractivity contribution is -0.149. The first kappa shape index (κ1) is 26.0. The zero-order valence-corrected chi connectivity index (χ0v) is 20.0. The van der Waals surface area contributed by atoms with Crippen molar-refractivity contribution in [2.24, 2.45) is 0 Å². The molecule has 0 spiro atoms. The molecule has 1 saturated heterocycles. The number of rotatable bonds is 9. The van der Waals surface area contributed by atoms with E-state index in [2.05, 4.69) is 10.6 Å². The maximum Gasteiger partial charge on any atom is 0.326 e. The van der Waals surface area contributed by atoms with Gasteiger partial charge in [-0.3, -0.25) is 19.2 Å². The van der Waals surface area contributed by atoms with E-state index in [4.69, 9.17) is 0 Å². The number of aliphatic carboxylic acids is 1. The zero-order chi connectivity index (χ0) is 25.4. The van der Waals surface area contributed by atoms with E-state index in [-0.39, 0.29) is 10.9 Å². The Balaban J connectivity index is 1.69. The second-order valence-corrected chi connectivity index (χ2v) is 9.11. The number of likely N-dealkylation sites (tertiary alicyclic amines) is 1. The van der Waals surface area contributed by atoms with Gasteiger partial charge in [0.2, 0.25) is 16.9 Å². The number of nitrogens with zero attached hydrogens (tertiary/aromatic N) is 1. The largest absolute Gasteiger partial charge is 0.480 e. The molecule has 184 valence electrons. The van der Waals surface area contributed by atoms with E-state index in [1.807, 2.05) is 0 Å². The molecule has 9 nitrogen and oxygen atoms in total. The Bertz CT molecular complexity index is 1080. The molecule has 3 amide bonds. The van der Waals surface area contributed by atoms with Crippen molar-refractivity contribution in [1.82, 2.24) is 15.5 Å². The molecule has 3 rings (SSSR count). The molecule has 0 saturated carbocycles. The molecule has 2 aromatic rings. The number of carboxylic acids is 1. The van der Waals surface area contributed by atoms with Crippen molar-refractivity contribution in [2.45, 2.75) is 37.9 Å². The van der Waals surface area contributed by atoms with Crippen LogP contribution in [0.2, 0.25) is 0 Å². The summed E-state index contributed by atoms with van der Waals surface area (Å²) in [5, 5.41) is 14.3.